The monoisotopic (exact) mass is 268 g/mol. The second-order valence-corrected chi connectivity index (χ2v) is 4.60. The van der Waals surface area contributed by atoms with Crippen molar-refractivity contribution in [3.05, 3.63) is 58.4 Å². The van der Waals surface area contributed by atoms with E-state index in [9.17, 15) is 5.11 Å². The molecule has 0 unspecified atom stereocenters. The van der Waals surface area contributed by atoms with Gasteiger partial charge in [-0.3, -0.25) is 4.98 Å². The van der Waals surface area contributed by atoms with E-state index >= 15 is 0 Å². The van der Waals surface area contributed by atoms with Crippen molar-refractivity contribution in [1.29, 1.82) is 5.26 Å². The molecule has 0 aliphatic heterocycles. The third kappa shape index (κ3) is 3.14. The van der Waals surface area contributed by atoms with E-state index in [1.54, 1.807) is 6.07 Å². The fraction of sp³-hybridized carbons (Fsp3) is 0.250. The molecule has 0 radical (unpaired) electrons. The van der Waals surface area contributed by atoms with Gasteiger partial charge < -0.3 is 9.84 Å². The molecule has 1 aromatic carbocycles. The van der Waals surface area contributed by atoms with Gasteiger partial charge in [-0.25, -0.2) is 0 Å². The van der Waals surface area contributed by atoms with Crippen LogP contribution in [0.2, 0.25) is 0 Å². The molecule has 0 fully saturated rings. The zero-order chi connectivity index (χ0) is 14.5. The standard InChI is InChI=1S/C16H16N2O2/c1-11-7-13(8-17)4-5-14(11)10-20-16-6-3-12(2)18-15(16)9-19/h3-7,19H,9-10H2,1-2H3. The molecule has 0 saturated carbocycles. The van der Waals surface area contributed by atoms with E-state index in [0.29, 0.717) is 23.6 Å². The van der Waals surface area contributed by atoms with Gasteiger partial charge in [-0.05, 0) is 49.2 Å². The van der Waals surface area contributed by atoms with Gasteiger partial charge in [0.2, 0.25) is 0 Å². The maximum absolute atomic E-state index is 9.28. The Hall–Kier alpha value is -2.38. The first-order valence-electron chi connectivity index (χ1n) is 6.34. The Bertz CT molecular complexity index is 660. The zero-order valence-electron chi connectivity index (χ0n) is 11.6. The fourth-order valence-electron chi connectivity index (χ4n) is 1.93. The molecule has 0 atom stereocenters. The molecule has 0 saturated heterocycles. The molecule has 2 rings (SSSR count). The van der Waals surface area contributed by atoms with Crippen LogP contribution in [-0.2, 0) is 13.2 Å². The number of rotatable bonds is 4. The molecule has 1 aromatic heterocycles. The predicted octanol–water partition coefficient (Wildman–Crippen LogP) is 2.64. The van der Waals surface area contributed by atoms with Crippen molar-refractivity contribution in [1.82, 2.24) is 4.98 Å². The maximum atomic E-state index is 9.28. The second kappa shape index (κ2) is 6.18. The van der Waals surface area contributed by atoms with E-state index in [1.807, 2.05) is 38.1 Å². The first kappa shape index (κ1) is 14.0. The molecule has 20 heavy (non-hydrogen) atoms. The number of nitriles is 1. The zero-order valence-corrected chi connectivity index (χ0v) is 11.6. The molecule has 1 N–H and O–H groups in total. The lowest BCUT2D eigenvalue weighted by Crippen LogP contribution is -2.03. The van der Waals surface area contributed by atoms with Crippen LogP contribution in [-0.4, -0.2) is 10.1 Å². The Balaban J connectivity index is 2.15. The van der Waals surface area contributed by atoms with Gasteiger partial charge >= 0.3 is 0 Å². The lowest BCUT2D eigenvalue weighted by atomic mass is 10.1. The lowest BCUT2D eigenvalue weighted by Gasteiger charge is -2.11. The van der Waals surface area contributed by atoms with Crippen molar-refractivity contribution in [2.24, 2.45) is 0 Å². The van der Waals surface area contributed by atoms with E-state index in [2.05, 4.69) is 11.1 Å². The van der Waals surface area contributed by atoms with Crippen LogP contribution in [0.5, 0.6) is 5.75 Å². The van der Waals surface area contributed by atoms with E-state index in [0.717, 1.165) is 16.8 Å². The number of pyridine rings is 1. The number of aliphatic hydroxyl groups is 1. The quantitative estimate of drug-likeness (QED) is 0.925. The van der Waals surface area contributed by atoms with Gasteiger partial charge in [0, 0.05) is 5.69 Å². The highest BCUT2D eigenvalue weighted by Gasteiger charge is 2.06. The van der Waals surface area contributed by atoms with Gasteiger partial charge in [-0.1, -0.05) is 6.07 Å². The fourth-order valence-corrected chi connectivity index (χ4v) is 1.93. The average molecular weight is 268 g/mol. The van der Waals surface area contributed by atoms with Crippen molar-refractivity contribution >= 4 is 0 Å². The van der Waals surface area contributed by atoms with Crippen LogP contribution in [0.4, 0.5) is 0 Å². The van der Waals surface area contributed by atoms with Crippen LogP contribution in [0.3, 0.4) is 0 Å². The molecule has 2 aromatic rings. The first-order valence-corrected chi connectivity index (χ1v) is 6.34. The van der Waals surface area contributed by atoms with Gasteiger partial charge in [0.05, 0.1) is 18.2 Å². The van der Waals surface area contributed by atoms with E-state index in [-0.39, 0.29) is 6.61 Å². The molecule has 0 amide bonds. The van der Waals surface area contributed by atoms with Crippen LogP contribution in [0.25, 0.3) is 0 Å². The largest absolute Gasteiger partial charge is 0.487 e. The number of aromatic nitrogens is 1. The van der Waals surface area contributed by atoms with Crippen LogP contribution >= 0.6 is 0 Å². The van der Waals surface area contributed by atoms with Crippen LogP contribution in [0.1, 0.15) is 28.1 Å². The van der Waals surface area contributed by atoms with Crippen LogP contribution in [0, 0.1) is 25.2 Å². The minimum atomic E-state index is -0.149. The van der Waals surface area contributed by atoms with Crippen molar-refractivity contribution in [3.63, 3.8) is 0 Å². The van der Waals surface area contributed by atoms with Crippen molar-refractivity contribution in [2.75, 3.05) is 0 Å². The Labute approximate surface area is 118 Å². The topological polar surface area (TPSA) is 66.1 Å². The molecule has 0 aliphatic carbocycles. The SMILES string of the molecule is Cc1ccc(OCc2ccc(C#N)cc2C)c(CO)n1. The summed E-state index contributed by atoms with van der Waals surface area (Å²) in [5, 5.41) is 18.1. The highest BCUT2D eigenvalue weighted by atomic mass is 16.5. The number of nitrogens with zero attached hydrogens (tertiary/aromatic N) is 2. The molecule has 0 bridgehead atoms. The lowest BCUT2D eigenvalue weighted by molar-refractivity contribution is 0.253. The van der Waals surface area contributed by atoms with Gasteiger partial charge in [0.15, 0.2) is 0 Å². The van der Waals surface area contributed by atoms with Gasteiger partial charge in [0.1, 0.15) is 18.1 Å². The summed E-state index contributed by atoms with van der Waals surface area (Å²) in [4.78, 5) is 4.24. The van der Waals surface area contributed by atoms with E-state index < -0.39 is 0 Å². The number of hydrogen-bond donors (Lipinski definition) is 1. The minimum Gasteiger partial charge on any atom is -0.487 e. The summed E-state index contributed by atoms with van der Waals surface area (Å²) >= 11 is 0. The summed E-state index contributed by atoms with van der Waals surface area (Å²) in [5.74, 6) is 0.585. The summed E-state index contributed by atoms with van der Waals surface area (Å²) in [6, 6.07) is 11.3. The number of aryl methyl sites for hydroxylation is 2. The Kier molecular flexibility index (Phi) is 4.34. The summed E-state index contributed by atoms with van der Waals surface area (Å²) in [6.45, 7) is 4.05. The molecule has 102 valence electrons. The summed E-state index contributed by atoms with van der Waals surface area (Å²) in [7, 11) is 0. The molecule has 0 aliphatic rings. The van der Waals surface area contributed by atoms with Crippen molar-refractivity contribution in [3.8, 4) is 11.8 Å². The Morgan fingerprint density at radius 2 is 2.05 bits per heavy atom. The van der Waals surface area contributed by atoms with E-state index in [4.69, 9.17) is 10.00 Å². The van der Waals surface area contributed by atoms with Crippen molar-refractivity contribution in [2.45, 2.75) is 27.1 Å². The van der Waals surface area contributed by atoms with Gasteiger partial charge in [0.25, 0.3) is 0 Å². The molecular weight excluding hydrogens is 252 g/mol. The minimum absolute atomic E-state index is 0.149. The molecular formula is C16H16N2O2. The average Bonchev–Trinajstić information content (AvgIpc) is 2.46. The van der Waals surface area contributed by atoms with Gasteiger partial charge in [-0.2, -0.15) is 5.26 Å². The van der Waals surface area contributed by atoms with E-state index in [1.165, 1.54) is 0 Å². The molecule has 1 heterocycles. The number of aliphatic hydroxyl groups excluding tert-OH is 1. The maximum Gasteiger partial charge on any atom is 0.143 e. The third-order valence-corrected chi connectivity index (χ3v) is 3.08. The molecule has 4 nitrogen and oxygen atoms in total. The van der Waals surface area contributed by atoms with Crippen molar-refractivity contribution < 1.29 is 9.84 Å². The third-order valence-electron chi connectivity index (χ3n) is 3.08. The molecule has 0 spiro atoms. The second-order valence-electron chi connectivity index (χ2n) is 4.60. The summed E-state index contributed by atoms with van der Waals surface area (Å²) < 4.78 is 5.72. The Morgan fingerprint density at radius 3 is 2.70 bits per heavy atom. The van der Waals surface area contributed by atoms with Crippen LogP contribution in [0.15, 0.2) is 30.3 Å². The highest BCUT2D eigenvalue weighted by Crippen LogP contribution is 2.19. The van der Waals surface area contributed by atoms with Crippen LogP contribution < -0.4 is 4.74 Å². The predicted molar refractivity (Wildman–Crippen MR) is 75.1 cm³/mol. The summed E-state index contributed by atoms with van der Waals surface area (Å²) in [6.07, 6.45) is 0. The molecule has 4 heteroatoms. The Morgan fingerprint density at radius 1 is 1.25 bits per heavy atom. The smallest absolute Gasteiger partial charge is 0.143 e. The number of hydrogen-bond acceptors (Lipinski definition) is 4. The highest BCUT2D eigenvalue weighted by molar-refractivity contribution is 5.37. The summed E-state index contributed by atoms with van der Waals surface area (Å²) in [5.41, 5.74) is 4.04. The normalized spacial score (nSPS) is 10.1. The van der Waals surface area contributed by atoms with Gasteiger partial charge in [-0.15, -0.1) is 0 Å². The first-order chi connectivity index (χ1) is 9.63. The number of benzene rings is 1. The number of ether oxygens (including phenoxy) is 1.